The Morgan fingerprint density at radius 2 is 0.750 bits per heavy atom. The van der Waals surface area contributed by atoms with E-state index in [1.54, 1.807) is 0 Å². The molecule has 0 aliphatic heterocycles. The Morgan fingerprint density at radius 3 is 1.38 bits per heavy atom. The first-order valence-electron chi connectivity index (χ1n) is 17.5. The van der Waals surface area contributed by atoms with E-state index in [0.717, 1.165) is 56.1 Å². The molecule has 2 aromatic heterocycles. The van der Waals surface area contributed by atoms with Gasteiger partial charge in [0.2, 0.25) is 0 Å². The number of anilines is 6. The Bertz CT molecular complexity index is 2840. The standard InChI is InChI=1S/C48H32N2OS/c1-4-12-33(13-5-1)34-20-22-37(23-21-34)49(35-14-6-2-7-15-35)38-25-28-47-43(30-38)44-31-39(26-29-48(44)52-47)50(36-16-8-3-9-17-36)40-24-27-42-41-18-10-11-19-45(41)51-46(42)32-40/h1-32H. The summed E-state index contributed by atoms with van der Waals surface area (Å²) in [7, 11) is 0. The minimum absolute atomic E-state index is 0.879. The van der Waals surface area contributed by atoms with Crippen molar-refractivity contribution >= 4 is 87.6 Å². The molecular weight excluding hydrogens is 653 g/mol. The van der Waals surface area contributed by atoms with E-state index >= 15 is 0 Å². The molecule has 8 aromatic carbocycles. The van der Waals surface area contributed by atoms with Crippen LogP contribution in [0.4, 0.5) is 34.1 Å². The smallest absolute Gasteiger partial charge is 0.137 e. The lowest BCUT2D eigenvalue weighted by Crippen LogP contribution is -2.10. The average molecular weight is 685 g/mol. The van der Waals surface area contributed by atoms with Crippen molar-refractivity contribution in [2.45, 2.75) is 0 Å². The average Bonchev–Trinajstić information content (AvgIpc) is 3.77. The molecule has 0 spiro atoms. The quantitative estimate of drug-likeness (QED) is 0.167. The lowest BCUT2D eigenvalue weighted by molar-refractivity contribution is 0.669. The number of fused-ring (bicyclic) bond motifs is 6. The van der Waals surface area contributed by atoms with Crippen LogP contribution in [0.1, 0.15) is 0 Å². The predicted octanol–water partition coefficient (Wildman–Crippen LogP) is 14.6. The number of para-hydroxylation sites is 3. The van der Waals surface area contributed by atoms with Gasteiger partial charge in [0.1, 0.15) is 11.2 Å². The van der Waals surface area contributed by atoms with Gasteiger partial charge in [0, 0.05) is 71.1 Å². The van der Waals surface area contributed by atoms with Crippen molar-refractivity contribution in [3.05, 3.63) is 194 Å². The van der Waals surface area contributed by atoms with Crippen LogP contribution >= 0.6 is 11.3 Å². The van der Waals surface area contributed by atoms with E-state index in [4.69, 9.17) is 4.42 Å². The van der Waals surface area contributed by atoms with Gasteiger partial charge in [-0.15, -0.1) is 11.3 Å². The van der Waals surface area contributed by atoms with E-state index in [0.29, 0.717) is 0 Å². The zero-order chi connectivity index (χ0) is 34.4. The second-order valence-corrected chi connectivity index (χ2v) is 14.1. The van der Waals surface area contributed by atoms with Gasteiger partial charge < -0.3 is 14.2 Å². The molecule has 4 heteroatoms. The molecule has 0 aliphatic carbocycles. The fourth-order valence-corrected chi connectivity index (χ4v) is 8.43. The van der Waals surface area contributed by atoms with Gasteiger partial charge in [0.15, 0.2) is 0 Å². The zero-order valence-corrected chi connectivity index (χ0v) is 29.0. The van der Waals surface area contributed by atoms with Crippen molar-refractivity contribution in [3.8, 4) is 11.1 Å². The summed E-state index contributed by atoms with van der Waals surface area (Å²) in [6.07, 6.45) is 0. The first-order chi connectivity index (χ1) is 25.8. The second-order valence-electron chi connectivity index (χ2n) is 13.0. The molecule has 52 heavy (non-hydrogen) atoms. The third-order valence-electron chi connectivity index (χ3n) is 9.83. The number of hydrogen-bond acceptors (Lipinski definition) is 4. The van der Waals surface area contributed by atoms with Gasteiger partial charge in [-0.3, -0.25) is 0 Å². The van der Waals surface area contributed by atoms with Crippen LogP contribution in [0.25, 0.3) is 53.2 Å². The molecule has 0 bridgehead atoms. The molecule has 0 amide bonds. The third-order valence-corrected chi connectivity index (χ3v) is 11.0. The summed E-state index contributed by atoms with van der Waals surface area (Å²) in [4.78, 5) is 4.67. The highest BCUT2D eigenvalue weighted by Gasteiger charge is 2.19. The van der Waals surface area contributed by atoms with E-state index in [-0.39, 0.29) is 0 Å². The maximum absolute atomic E-state index is 6.34. The van der Waals surface area contributed by atoms with E-state index in [1.807, 2.05) is 23.5 Å². The van der Waals surface area contributed by atoms with Crippen LogP contribution in [0.5, 0.6) is 0 Å². The lowest BCUT2D eigenvalue weighted by Gasteiger charge is -2.26. The van der Waals surface area contributed by atoms with Gasteiger partial charge >= 0.3 is 0 Å². The van der Waals surface area contributed by atoms with Crippen molar-refractivity contribution in [3.63, 3.8) is 0 Å². The molecule has 0 N–H and O–H groups in total. The minimum atomic E-state index is 0.879. The fourth-order valence-electron chi connectivity index (χ4n) is 7.37. The van der Waals surface area contributed by atoms with Crippen LogP contribution in [-0.4, -0.2) is 0 Å². The molecule has 0 saturated carbocycles. The van der Waals surface area contributed by atoms with Crippen LogP contribution in [-0.2, 0) is 0 Å². The maximum atomic E-state index is 6.34. The minimum Gasteiger partial charge on any atom is -0.456 e. The number of nitrogens with zero attached hydrogens (tertiary/aromatic N) is 2. The topological polar surface area (TPSA) is 19.6 Å². The largest absolute Gasteiger partial charge is 0.456 e. The van der Waals surface area contributed by atoms with E-state index in [1.165, 1.54) is 31.3 Å². The van der Waals surface area contributed by atoms with Crippen LogP contribution in [0.2, 0.25) is 0 Å². The summed E-state index contributed by atoms with van der Waals surface area (Å²) in [6.45, 7) is 0. The van der Waals surface area contributed by atoms with E-state index in [9.17, 15) is 0 Å². The first-order valence-corrected chi connectivity index (χ1v) is 18.3. The molecule has 0 atom stereocenters. The van der Waals surface area contributed by atoms with Gasteiger partial charge in [-0.1, -0.05) is 97.1 Å². The van der Waals surface area contributed by atoms with E-state index in [2.05, 4.69) is 192 Å². The Labute approximate surface area is 305 Å². The summed E-state index contributed by atoms with van der Waals surface area (Å²) in [5.41, 5.74) is 10.8. The molecule has 0 radical (unpaired) electrons. The van der Waals surface area contributed by atoms with Crippen LogP contribution in [0.15, 0.2) is 199 Å². The zero-order valence-electron chi connectivity index (χ0n) is 28.2. The van der Waals surface area contributed by atoms with Gasteiger partial charge in [-0.05, 0) is 102 Å². The molecule has 246 valence electrons. The van der Waals surface area contributed by atoms with Crippen molar-refractivity contribution < 1.29 is 4.42 Å². The molecule has 10 rings (SSSR count). The van der Waals surface area contributed by atoms with Gasteiger partial charge in [0.05, 0.1) is 0 Å². The summed E-state index contributed by atoms with van der Waals surface area (Å²) < 4.78 is 8.86. The summed E-state index contributed by atoms with van der Waals surface area (Å²) in [6, 6.07) is 69.1. The molecular formula is C48H32N2OS. The number of furan rings is 1. The Balaban J connectivity index is 1.10. The highest BCUT2D eigenvalue weighted by Crippen LogP contribution is 2.44. The number of rotatable bonds is 7. The lowest BCUT2D eigenvalue weighted by atomic mass is 10.0. The fraction of sp³-hybridized carbons (Fsp3) is 0. The van der Waals surface area contributed by atoms with Crippen LogP contribution in [0, 0.1) is 0 Å². The number of thiophene rings is 1. The SMILES string of the molecule is c1ccc(-c2ccc(N(c3ccccc3)c3ccc4sc5ccc(N(c6ccccc6)c6ccc7c(c6)oc6ccccc67)cc5c4c3)cc2)cc1. The second kappa shape index (κ2) is 12.6. The Kier molecular flexibility index (Phi) is 7.33. The van der Waals surface area contributed by atoms with Gasteiger partial charge in [-0.25, -0.2) is 0 Å². The normalized spacial score (nSPS) is 11.5. The molecule has 3 nitrogen and oxygen atoms in total. The van der Waals surface area contributed by atoms with Crippen molar-refractivity contribution in [1.82, 2.24) is 0 Å². The van der Waals surface area contributed by atoms with Crippen molar-refractivity contribution in [2.24, 2.45) is 0 Å². The molecule has 10 aromatic rings. The number of hydrogen-bond donors (Lipinski definition) is 0. The summed E-state index contributed by atoms with van der Waals surface area (Å²) in [5, 5.41) is 4.73. The third kappa shape index (κ3) is 5.29. The number of benzene rings is 8. The van der Waals surface area contributed by atoms with Gasteiger partial charge in [-0.2, -0.15) is 0 Å². The first kappa shape index (κ1) is 30.2. The molecule has 2 heterocycles. The highest BCUT2D eigenvalue weighted by atomic mass is 32.1. The van der Waals surface area contributed by atoms with Crippen LogP contribution in [0.3, 0.4) is 0 Å². The molecule has 0 unspecified atom stereocenters. The summed E-state index contributed by atoms with van der Waals surface area (Å²) >= 11 is 1.84. The van der Waals surface area contributed by atoms with E-state index < -0.39 is 0 Å². The maximum Gasteiger partial charge on any atom is 0.137 e. The predicted molar refractivity (Wildman–Crippen MR) is 221 cm³/mol. The Morgan fingerprint density at radius 1 is 0.308 bits per heavy atom. The summed E-state index contributed by atoms with van der Waals surface area (Å²) in [5.74, 6) is 0. The molecule has 0 saturated heterocycles. The monoisotopic (exact) mass is 684 g/mol. The Hall–Kier alpha value is -6.62. The van der Waals surface area contributed by atoms with Crippen LogP contribution < -0.4 is 9.80 Å². The molecule has 0 aliphatic rings. The van der Waals surface area contributed by atoms with Crippen molar-refractivity contribution in [1.29, 1.82) is 0 Å². The molecule has 0 fully saturated rings. The van der Waals surface area contributed by atoms with Crippen molar-refractivity contribution in [2.75, 3.05) is 9.80 Å². The highest BCUT2D eigenvalue weighted by molar-refractivity contribution is 7.25. The van der Waals surface area contributed by atoms with Gasteiger partial charge in [0.25, 0.3) is 0 Å².